The molecule has 1 saturated heterocycles. The summed E-state index contributed by atoms with van der Waals surface area (Å²) in [5.41, 5.74) is 0.296. The van der Waals surface area contributed by atoms with Crippen LogP contribution in [-0.4, -0.2) is 17.7 Å². The molecule has 0 aromatic carbocycles. The molecule has 0 spiro atoms. The average Bonchev–Trinajstić information content (AvgIpc) is 2.30. The molecule has 0 saturated carbocycles. The van der Waals surface area contributed by atoms with Crippen LogP contribution in [0, 0.1) is 0 Å². The fraction of sp³-hybridized carbons (Fsp3) is 0.556. The van der Waals surface area contributed by atoms with E-state index in [1.807, 2.05) is 0 Å². The molecule has 1 rings (SSSR count). The van der Waals surface area contributed by atoms with Gasteiger partial charge in [-0.25, -0.2) is 4.79 Å². The molecule has 0 bridgehead atoms. The topological polar surface area (TPSA) is 52.6 Å². The van der Waals surface area contributed by atoms with Crippen LogP contribution in [-0.2, 0) is 19.1 Å². The molecule has 0 aromatic heterocycles. The first-order chi connectivity index (χ1) is 5.93. The molecule has 0 radical (unpaired) electrons. The van der Waals surface area contributed by atoms with Crippen LogP contribution in [0.1, 0.15) is 26.7 Å². The second kappa shape index (κ2) is 3.20. The number of hydrogen-bond donors (Lipinski definition) is 0. The number of carbonyl (C=O) groups excluding carboxylic acids is 2. The van der Waals surface area contributed by atoms with Gasteiger partial charge < -0.3 is 9.47 Å². The maximum Gasteiger partial charge on any atom is 0.336 e. The van der Waals surface area contributed by atoms with Gasteiger partial charge in [-0.2, -0.15) is 0 Å². The Hall–Kier alpha value is -1.32. The first kappa shape index (κ1) is 9.77. The van der Waals surface area contributed by atoms with E-state index >= 15 is 0 Å². The minimum atomic E-state index is -1.09. The number of esters is 2. The van der Waals surface area contributed by atoms with E-state index in [0.29, 0.717) is 18.4 Å². The molecule has 13 heavy (non-hydrogen) atoms. The summed E-state index contributed by atoms with van der Waals surface area (Å²) in [6.45, 7) is 6.54. The van der Waals surface area contributed by atoms with Gasteiger partial charge >= 0.3 is 11.9 Å². The van der Waals surface area contributed by atoms with E-state index in [2.05, 4.69) is 6.58 Å². The van der Waals surface area contributed by atoms with Gasteiger partial charge in [-0.05, 0) is 6.92 Å². The van der Waals surface area contributed by atoms with Gasteiger partial charge in [0, 0.05) is 18.9 Å². The predicted molar refractivity (Wildman–Crippen MR) is 44.6 cm³/mol. The van der Waals surface area contributed by atoms with Gasteiger partial charge in [-0.3, -0.25) is 4.79 Å². The van der Waals surface area contributed by atoms with Crippen molar-refractivity contribution in [1.29, 1.82) is 0 Å². The number of carbonyl (C=O) groups is 2. The first-order valence-corrected chi connectivity index (χ1v) is 4.04. The summed E-state index contributed by atoms with van der Waals surface area (Å²) in [5, 5.41) is 0. The van der Waals surface area contributed by atoms with E-state index in [1.54, 1.807) is 13.8 Å². The summed E-state index contributed by atoms with van der Waals surface area (Å²) >= 11 is 0. The number of rotatable bonds is 2. The van der Waals surface area contributed by atoms with Crippen molar-refractivity contribution in [2.24, 2.45) is 0 Å². The Morgan fingerprint density at radius 3 is 2.69 bits per heavy atom. The Labute approximate surface area is 76.5 Å². The van der Waals surface area contributed by atoms with Crippen molar-refractivity contribution in [2.75, 3.05) is 0 Å². The van der Waals surface area contributed by atoms with Crippen molar-refractivity contribution in [1.82, 2.24) is 0 Å². The van der Waals surface area contributed by atoms with Crippen LogP contribution >= 0.6 is 0 Å². The smallest absolute Gasteiger partial charge is 0.336 e. The molecule has 1 atom stereocenters. The van der Waals surface area contributed by atoms with Gasteiger partial charge in [-0.1, -0.05) is 6.58 Å². The second-order valence-electron chi connectivity index (χ2n) is 3.28. The Bertz CT molecular complexity index is 269. The predicted octanol–water partition coefficient (Wildman–Crippen LogP) is 1.16. The standard InChI is InChI=1S/C9H12O4/c1-6(2)8(11)13-9(3)5-4-7(10)12-9/h1,4-5H2,2-3H3. The molecule has 0 amide bonds. The maximum absolute atomic E-state index is 11.1. The van der Waals surface area contributed by atoms with Gasteiger partial charge in [0.25, 0.3) is 5.79 Å². The van der Waals surface area contributed by atoms with Crippen LogP contribution in [0.5, 0.6) is 0 Å². The zero-order valence-electron chi connectivity index (χ0n) is 7.75. The quantitative estimate of drug-likeness (QED) is 0.477. The van der Waals surface area contributed by atoms with Crippen molar-refractivity contribution in [3.05, 3.63) is 12.2 Å². The Morgan fingerprint density at radius 2 is 2.31 bits per heavy atom. The summed E-state index contributed by atoms with van der Waals surface area (Å²) in [4.78, 5) is 21.9. The molecule has 4 nitrogen and oxygen atoms in total. The monoisotopic (exact) mass is 184 g/mol. The van der Waals surface area contributed by atoms with E-state index < -0.39 is 11.8 Å². The highest BCUT2D eigenvalue weighted by atomic mass is 16.7. The lowest BCUT2D eigenvalue weighted by molar-refractivity contribution is -0.204. The summed E-state index contributed by atoms with van der Waals surface area (Å²) in [5.74, 6) is -1.96. The largest absolute Gasteiger partial charge is 0.423 e. The van der Waals surface area contributed by atoms with E-state index in [1.165, 1.54) is 0 Å². The summed E-state index contributed by atoms with van der Waals surface area (Å²) in [6.07, 6.45) is 0.699. The fourth-order valence-electron chi connectivity index (χ4n) is 1.03. The molecule has 1 fully saturated rings. The second-order valence-corrected chi connectivity index (χ2v) is 3.28. The third kappa shape index (κ3) is 2.31. The zero-order chi connectivity index (χ0) is 10.1. The third-order valence-corrected chi connectivity index (χ3v) is 1.77. The maximum atomic E-state index is 11.1. The highest BCUT2D eigenvalue weighted by molar-refractivity contribution is 5.87. The van der Waals surface area contributed by atoms with Gasteiger partial charge in [0.15, 0.2) is 0 Å². The van der Waals surface area contributed by atoms with Gasteiger partial charge in [0.05, 0.1) is 6.42 Å². The van der Waals surface area contributed by atoms with Gasteiger partial charge in [0.2, 0.25) is 0 Å². The minimum absolute atomic E-state index is 0.292. The summed E-state index contributed by atoms with van der Waals surface area (Å²) in [6, 6.07) is 0. The van der Waals surface area contributed by atoms with Crippen LogP contribution in [0.3, 0.4) is 0 Å². The molecule has 0 aromatic rings. The van der Waals surface area contributed by atoms with E-state index in [9.17, 15) is 9.59 Å². The zero-order valence-corrected chi connectivity index (χ0v) is 7.75. The molecule has 1 heterocycles. The molecule has 1 aliphatic heterocycles. The first-order valence-electron chi connectivity index (χ1n) is 4.04. The normalized spacial score (nSPS) is 26.8. The molecular formula is C9H12O4. The van der Waals surface area contributed by atoms with Crippen LogP contribution in [0.4, 0.5) is 0 Å². The van der Waals surface area contributed by atoms with Gasteiger partial charge in [-0.15, -0.1) is 0 Å². The Morgan fingerprint density at radius 1 is 1.69 bits per heavy atom. The molecule has 4 heteroatoms. The molecular weight excluding hydrogens is 172 g/mol. The van der Waals surface area contributed by atoms with Crippen molar-refractivity contribution in [3.63, 3.8) is 0 Å². The van der Waals surface area contributed by atoms with Crippen LogP contribution < -0.4 is 0 Å². The number of cyclic esters (lactones) is 1. The van der Waals surface area contributed by atoms with Crippen molar-refractivity contribution < 1.29 is 19.1 Å². The summed E-state index contributed by atoms with van der Waals surface area (Å²) in [7, 11) is 0. The number of ether oxygens (including phenoxy) is 2. The van der Waals surface area contributed by atoms with Crippen molar-refractivity contribution in [3.8, 4) is 0 Å². The van der Waals surface area contributed by atoms with E-state index in [0.717, 1.165) is 0 Å². The average molecular weight is 184 g/mol. The molecule has 1 aliphatic rings. The Balaban J connectivity index is 2.58. The fourth-order valence-corrected chi connectivity index (χ4v) is 1.03. The molecule has 72 valence electrons. The van der Waals surface area contributed by atoms with Crippen molar-refractivity contribution >= 4 is 11.9 Å². The SMILES string of the molecule is C=C(C)C(=O)OC1(C)CCC(=O)O1. The van der Waals surface area contributed by atoms with Crippen molar-refractivity contribution in [2.45, 2.75) is 32.5 Å². The number of hydrogen-bond acceptors (Lipinski definition) is 4. The molecule has 0 N–H and O–H groups in total. The Kier molecular flexibility index (Phi) is 2.40. The molecule has 0 aliphatic carbocycles. The molecule has 1 unspecified atom stereocenters. The van der Waals surface area contributed by atoms with E-state index in [-0.39, 0.29) is 5.97 Å². The lowest BCUT2D eigenvalue weighted by Crippen LogP contribution is -2.31. The van der Waals surface area contributed by atoms with Crippen LogP contribution in [0.2, 0.25) is 0 Å². The van der Waals surface area contributed by atoms with E-state index in [4.69, 9.17) is 9.47 Å². The highest BCUT2D eigenvalue weighted by Crippen LogP contribution is 2.27. The lowest BCUT2D eigenvalue weighted by atomic mass is 10.2. The summed E-state index contributed by atoms with van der Waals surface area (Å²) < 4.78 is 9.80. The lowest BCUT2D eigenvalue weighted by Gasteiger charge is -2.22. The minimum Gasteiger partial charge on any atom is -0.423 e. The highest BCUT2D eigenvalue weighted by Gasteiger charge is 2.39. The van der Waals surface area contributed by atoms with Gasteiger partial charge in [0.1, 0.15) is 0 Å². The third-order valence-electron chi connectivity index (χ3n) is 1.77. The van der Waals surface area contributed by atoms with Crippen LogP contribution in [0.25, 0.3) is 0 Å². The van der Waals surface area contributed by atoms with Crippen LogP contribution in [0.15, 0.2) is 12.2 Å².